The van der Waals surface area contributed by atoms with Crippen LogP contribution in [0.3, 0.4) is 0 Å². The van der Waals surface area contributed by atoms with Crippen molar-refractivity contribution in [1.29, 1.82) is 0 Å². The van der Waals surface area contributed by atoms with E-state index in [1.165, 1.54) is 26.4 Å². The normalized spacial score (nSPS) is 9.57. The highest BCUT2D eigenvalue weighted by Gasteiger charge is 2.14. The second-order valence-corrected chi connectivity index (χ2v) is 2.60. The number of methoxy groups -OCH3 is 2. The van der Waals surface area contributed by atoms with Crippen LogP contribution in [0.4, 0.5) is 5.69 Å². The Balaban J connectivity index is 3.24. The molecule has 0 amide bonds. The van der Waals surface area contributed by atoms with Gasteiger partial charge in [0.1, 0.15) is 17.1 Å². The van der Waals surface area contributed by atoms with Crippen molar-refractivity contribution in [2.24, 2.45) is 0 Å². The van der Waals surface area contributed by atoms with Gasteiger partial charge in [-0.2, -0.15) is 0 Å². The topological polar surface area (TPSA) is 81.8 Å². The summed E-state index contributed by atoms with van der Waals surface area (Å²) < 4.78 is 9.35. The lowest BCUT2D eigenvalue weighted by molar-refractivity contribution is 0.0597. The third-order valence-electron chi connectivity index (χ3n) is 1.75. The van der Waals surface area contributed by atoms with Crippen molar-refractivity contribution in [1.82, 2.24) is 0 Å². The van der Waals surface area contributed by atoms with Crippen molar-refractivity contribution in [2.75, 3.05) is 20.0 Å². The van der Waals surface area contributed by atoms with Gasteiger partial charge >= 0.3 is 5.97 Å². The molecule has 1 aromatic rings. The van der Waals surface area contributed by atoms with Crippen molar-refractivity contribution >= 4 is 11.7 Å². The summed E-state index contributed by atoms with van der Waals surface area (Å²) in [5.74, 6) is -0.542. The Morgan fingerprint density at radius 1 is 1.43 bits per heavy atom. The number of ether oxygens (including phenoxy) is 2. The van der Waals surface area contributed by atoms with Crippen LogP contribution in [0.25, 0.3) is 0 Å². The molecule has 5 nitrogen and oxygen atoms in total. The Hall–Kier alpha value is -1.91. The second kappa shape index (κ2) is 3.87. The maximum absolute atomic E-state index is 11.1. The molecular formula is C9H11NO4. The van der Waals surface area contributed by atoms with E-state index in [0.717, 1.165) is 0 Å². The summed E-state index contributed by atoms with van der Waals surface area (Å²) in [6.45, 7) is 0. The molecule has 0 aliphatic carbocycles. The average molecular weight is 197 g/mol. The summed E-state index contributed by atoms with van der Waals surface area (Å²) in [7, 11) is 2.65. The molecule has 0 fully saturated rings. The minimum atomic E-state index is -0.638. The third kappa shape index (κ3) is 1.71. The number of carbonyl (C=O) groups excluding carboxylic acids is 1. The highest BCUT2D eigenvalue weighted by molar-refractivity contribution is 5.93. The minimum absolute atomic E-state index is 0.0264. The predicted molar refractivity (Wildman–Crippen MR) is 50.4 cm³/mol. The summed E-state index contributed by atoms with van der Waals surface area (Å²) >= 11 is 0. The fourth-order valence-electron chi connectivity index (χ4n) is 1.03. The van der Waals surface area contributed by atoms with Gasteiger partial charge in [0.15, 0.2) is 0 Å². The van der Waals surface area contributed by atoms with Crippen molar-refractivity contribution in [3.8, 4) is 11.5 Å². The second-order valence-electron chi connectivity index (χ2n) is 2.60. The van der Waals surface area contributed by atoms with Crippen LogP contribution >= 0.6 is 0 Å². The first-order chi connectivity index (χ1) is 6.60. The highest BCUT2D eigenvalue weighted by Crippen LogP contribution is 2.30. The minimum Gasteiger partial charge on any atom is -0.507 e. The lowest BCUT2D eigenvalue weighted by atomic mass is 10.1. The maximum atomic E-state index is 11.1. The van der Waals surface area contributed by atoms with Gasteiger partial charge in [-0.25, -0.2) is 4.79 Å². The van der Waals surface area contributed by atoms with Gasteiger partial charge in [-0.05, 0) is 0 Å². The van der Waals surface area contributed by atoms with Crippen LogP contribution in [0, 0.1) is 0 Å². The zero-order valence-corrected chi connectivity index (χ0v) is 7.90. The lowest BCUT2D eigenvalue weighted by Gasteiger charge is -2.08. The number of nitrogens with two attached hydrogens (primary N) is 1. The number of nitrogen functional groups attached to an aromatic ring is 1. The van der Waals surface area contributed by atoms with E-state index >= 15 is 0 Å². The zero-order valence-electron chi connectivity index (χ0n) is 7.90. The summed E-state index contributed by atoms with van der Waals surface area (Å²) in [6, 6.07) is 2.57. The van der Waals surface area contributed by atoms with Gasteiger partial charge < -0.3 is 20.3 Å². The maximum Gasteiger partial charge on any atom is 0.341 e. The largest absolute Gasteiger partial charge is 0.507 e. The van der Waals surface area contributed by atoms with Gasteiger partial charge in [-0.3, -0.25) is 0 Å². The number of hydrogen-bond donors (Lipinski definition) is 2. The molecule has 5 heteroatoms. The number of hydrogen-bond acceptors (Lipinski definition) is 5. The van der Waals surface area contributed by atoms with E-state index < -0.39 is 5.97 Å². The van der Waals surface area contributed by atoms with E-state index in [4.69, 9.17) is 10.5 Å². The number of esters is 1. The Morgan fingerprint density at radius 2 is 2.07 bits per heavy atom. The molecule has 0 radical (unpaired) electrons. The van der Waals surface area contributed by atoms with Crippen LogP contribution in [-0.2, 0) is 4.74 Å². The number of phenols is 1. The summed E-state index contributed by atoms with van der Waals surface area (Å²) in [5.41, 5.74) is 5.79. The number of benzene rings is 1. The fourth-order valence-corrected chi connectivity index (χ4v) is 1.03. The van der Waals surface area contributed by atoms with Gasteiger partial charge in [-0.15, -0.1) is 0 Å². The molecule has 0 heterocycles. The average Bonchev–Trinajstić information content (AvgIpc) is 2.17. The monoisotopic (exact) mass is 197 g/mol. The van der Waals surface area contributed by atoms with Crippen molar-refractivity contribution < 1.29 is 19.4 Å². The van der Waals surface area contributed by atoms with Gasteiger partial charge in [0.2, 0.25) is 0 Å². The molecule has 1 rings (SSSR count). The van der Waals surface area contributed by atoms with Crippen LogP contribution in [0.15, 0.2) is 12.1 Å². The molecular weight excluding hydrogens is 186 g/mol. The van der Waals surface area contributed by atoms with Gasteiger partial charge in [0, 0.05) is 12.1 Å². The Labute approximate surface area is 81.0 Å². The first-order valence-electron chi connectivity index (χ1n) is 3.85. The predicted octanol–water partition coefficient (Wildman–Crippen LogP) is 0.770. The zero-order chi connectivity index (χ0) is 10.7. The standard InChI is InChI=1S/C9H11NO4/c1-13-8-3-5(9(12)14-2)7(11)4-6(8)10/h3-4,11H,10H2,1-2H3. The van der Waals surface area contributed by atoms with Crippen LogP contribution in [0.1, 0.15) is 10.4 Å². The number of anilines is 1. The molecule has 0 saturated heterocycles. The van der Waals surface area contributed by atoms with E-state index in [9.17, 15) is 9.90 Å². The van der Waals surface area contributed by atoms with E-state index in [-0.39, 0.29) is 17.0 Å². The Bertz CT molecular complexity index is 362. The summed E-state index contributed by atoms with van der Waals surface area (Å²) in [5, 5.41) is 9.38. The molecule has 1 aromatic carbocycles. The highest BCUT2D eigenvalue weighted by atomic mass is 16.5. The number of aromatic hydroxyl groups is 1. The number of carbonyl (C=O) groups is 1. The molecule has 0 saturated carbocycles. The molecule has 0 spiro atoms. The van der Waals surface area contributed by atoms with E-state index in [1.54, 1.807) is 0 Å². The molecule has 0 atom stereocenters. The first-order valence-corrected chi connectivity index (χ1v) is 3.85. The van der Waals surface area contributed by atoms with Crippen LogP contribution in [0.5, 0.6) is 11.5 Å². The SMILES string of the molecule is COC(=O)c1cc(OC)c(N)cc1O. The molecule has 0 aromatic heterocycles. The molecule has 14 heavy (non-hydrogen) atoms. The molecule has 0 bridgehead atoms. The molecule has 0 unspecified atom stereocenters. The van der Waals surface area contributed by atoms with E-state index in [1.807, 2.05) is 0 Å². The van der Waals surface area contributed by atoms with Crippen molar-refractivity contribution in [3.63, 3.8) is 0 Å². The van der Waals surface area contributed by atoms with Crippen molar-refractivity contribution in [3.05, 3.63) is 17.7 Å². The quantitative estimate of drug-likeness (QED) is 0.540. The van der Waals surface area contributed by atoms with Gasteiger partial charge in [0.05, 0.1) is 19.9 Å². The summed E-state index contributed by atoms with van der Waals surface area (Å²) in [4.78, 5) is 11.1. The Morgan fingerprint density at radius 3 is 2.57 bits per heavy atom. The van der Waals surface area contributed by atoms with Crippen LogP contribution < -0.4 is 10.5 Å². The van der Waals surface area contributed by atoms with E-state index in [2.05, 4.69) is 4.74 Å². The summed E-state index contributed by atoms with van der Waals surface area (Å²) in [6.07, 6.45) is 0. The Kier molecular flexibility index (Phi) is 2.81. The van der Waals surface area contributed by atoms with E-state index in [0.29, 0.717) is 5.75 Å². The molecule has 0 aliphatic rings. The fraction of sp³-hybridized carbons (Fsp3) is 0.222. The molecule has 0 aliphatic heterocycles. The van der Waals surface area contributed by atoms with Crippen LogP contribution in [0.2, 0.25) is 0 Å². The van der Waals surface area contributed by atoms with Crippen LogP contribution in [-0.4, -0.2) is 25.3 Å². The number of rotatable bonds is 2. The molecule has 3 N–H and O–H groups in total. The van der Waals surface area contributed by atoms with Gasteiger partial charge in [0.25, 0.3) is 0 Å². The first kappa shape index (κ1) is 10.2. The lowest BCUT2D eigenvalue weighted by Crippen LogP contribution is -2.03. The van der Waals surface area contributed by atoms with Gasteiger partial charge in [-0.1, -0.05) is 0 Å². The van der Waals surface area contributed by atoms with Crippen molar-refractivity contribution in [2.45, 2.75) is 0 Å². The smallest absolute Gasteiger partial charge is 0.341 e. The molecule has 76 valence electrons. The number of phenolic OH excluding ortho intramolecular Hbond substituents is 1. The third-order valence-corrected chi connectivity index (χ3v) is 1.75.